The minimum atomic E-state index is -0.320. The number of amides is 2. The van der Waals surface area contributed by atoms with Gasteiger partial charge in [0, 0.05) is 12.6 Å². The molecule has 100 valence electrons. The second kappa shape index (κ2) is 6.41. The molecule has 1 aromatic carbocycles. The van der Waals surface area contributed by atoms with Gasteiger partial charge in [0.05, 0.1) is 7.11 Å². The largest absolute Gasteiger partial charge is 0.334 e. The van der Waals surface area contributed by atoms with Gasteiger partial charge >= 0.3 is 6.03 Å². The fraction of sp³-hybridized carbons (Fsp3) is 0.167. The molecule has 0 aliphatic heterocycles. The molecule has 0 unspecified atom stereocenters. The molecular weight excluding hydrogens is 246 g/mol. The molecule has 0 bridgehead atoms. The Morgan fingerprint density at radius 1 is 1.37 bits per heavy atom. The molecule has 1 heterocycles. The third-order valence-electron chi connectivity index (χ3n) is 2.33. The van der Waals surface area contributed by atoms with Crippen LogP contribution in [0.5, 0.6) is 0 Å². The van der Waals surface area contributed by atoms with E-state index in [2.05, 4.69) is 26.3 Å². The first kappa shape index (κ1) is 12.9. The first-order valence-electron chi connectivity index (χ1n) is 5.71. The van der Waals surface area contributed by atoms with E-state index in [4.69, 9.17) is 4.84 Å². The van der Waals surface area contributed by atoms with Crippen molar-refractivity contribution < 1.29 is 9.63 Å². The van der Waals surface area contributed by atoms with Crippen molar-refractivity contribution in [2.75, 3.05) is 17.9 Å². The van der Waals surface area contributed by atoms with Crippen molar-refractivity contribution in [1.29, 1.82) is 0 Å². The summed E-state index contributed by atoms with van der Waals surface area (Å²) >= 11 is 0. The summed E-state index contributed by atoms with van der Waals surface area (Å²) in [5.41, 5.74) is 3.60. The molecule has 0 saturated heterocycles. The maximum Gasteiger partial charge on any atom is 0.320 e. The number of nitrogens with one attached hydrogen (secondary N) is 4. The molecular formula is C12H15N5O2. The van der Waals surface area contributed by atoms with Gasteiger partial charge in [-0.3, -0.25) is 15.3 Å². The standard InChI is InChI=1S/C12H15N5O2/c1-19-17-11-7-10(15-16-11)14-12(18)13-8-9-5-3-2-4-6-9/h2-7H,8H2,1H3,(H4,13,14,15,16,17,18). The molecule has 0 saturated carbocycles. The van der Waals surface area contributed by atoms with Gasteiger partial charge in [-0.2, -0.15) is 5.10 Å². The fourth-order valence-corrected chi connectivity index (χ4v) is 1.49. The van der Waals surface area contributed by atoms with Crippen molar-refractivity contribution in [3.63, 3.8) is 0 Å². The zero-order chi connectivity index (χ0) is 13.5. The van der Waals surface area contributed by atoms with Crippen molar-refractivity contribution in [3.05, 3.63) is 42.0 Å². The Bertz CT molecular complexity index is 526. The monoisotopic (exact) mass is 261 g/mol. The van der Waals surface area contributed by atoms with Gasteiger partial charge in [0.25, 0.3) is 0 Å². The van der Waals surface area contributed by atoms with E-state index < -0.39 is 0 Å². The van der Waals surface area contributed by atoms with Crippen LogP contribution >= 0.6 is 0 Å². The van der Waals surface area contributed by atoms with E-state index in [0.29, 0.717) is 18.2 Å². The Kier molecular flexibility index (Phi) is 4.35. The number of nitrogens with zero attached hydrogens (tertiary/aromatic N) is 1. The minimum Gasteiger partial charge on any atom is -0.334 e. The topological polar surface area (TPSA) is 91.1 Å². The number of carbonyl (C=O) groups is 1. The number of hydrogen-bond acceptors (Lipinski definition) is 4. The van der Waals surface area contributed by atoms with Crippen LogP contribution in [-0.2, 0) is 11.4 Å². The molecule has 0 fully saturated rings. The molecule has 0 atom stereocenters. The first-order valence-corrected chi connectivity index (χ1v) is 5.71. The quantitative estimate of drug-likeness (QED) is 0.617. The van der Waals surface area contributed by atoms with Crippen LogP contribution in [0.1, 0.15) is 5.56 Å². The molecule has 0 aliphatic rings. The van der Waals surface area contributed by atoms with Gasteiger partial charge in [0.2, 0.25) is 0 Å². The predicted molar refractivity (Wildman–Crippen MR) is 71.5 cm³/mol. The lowest BCUT2D eigenvalue weighted by molar-refractivity contribution is 0.251. The molecule has 2 aromatic rings. The molecule has 7 nitrogen and oxygen atoms in total. The van der Waals surface area contributed by atoms with Crippen LogP contribution in [0.3, 0.4) is 0 Å². The number of hydrogen-bond donors (Lipinski definition) is 4. The second-order valence-corrected chi connectivity index (χ2v) is 3.77. The molecule has 19 heavy (non-hydrogen) atoms. The van der Waals surface area contributed by atoms with Crippen molar-refractivity contribution in [2.24, 2.45) is 0 Å². The van der Waals surface area contributed by atoms with Gasteiger partial charge in [0.1, 0.15) is 5.82 Å². The number of anilines is 2. The van der Waals surface area contributed by atoms with Crippen LogP contribution in [0.4, 0.5) is 16.4 Å². The maximum absolute atomic E-state index is 11.6. The normalized spacial score (nSPS) is 9.95. The number of rotatable bonds is 5. The van der Waals surface area contributed by atoms with Crippen molar-refractivity contribution in [3.8, 4) is 0 Å². The van der Waals surface area contributed by atoms with Crippen LogP contribution in [0.25, 0.3) is 0 Å². The van der Waals surface area contributed by atoms with Crippen LogP contribution < -0.4 is 16.1 Å². The molecule has 0 radical (unpaired) electrons. The van der Waals surface area contributed by atoms with Crippen molar-refractivity contribution in [1.82, 2.24) is 15.5 Å². The summed E-state index contributed by atoms with van der Waals surface area (Å²) in [7, 11) is 1.49. The summed E-state index contributed by atoms with van der Waals surface area (Å²) in [6.07, 6.45) is 0. The number of benzene rings is 1. The van der Waals surface area contributed by atoms with E-state index in [0.717, 1.165) is 5.56 Å². The van der Waals surface area contributed by atoms with Gasteiger partial charge < -0.3 is 5.32 Å². The Balaban J connectivity index is 1.80. The molecule has 0 aliphatic carbocycles. The Labute approximate surface area is 110 Å². The van der Waals surface area contributed by atoms with Gasteiger partial charge in [-0.05, 0) is 5.56 Å². The average Bonchev–Trinajstić information content (AvgIpc) is 2.85. The van der Waals surface area contributed by atoms with Crippen molar-refractivity contribution in [2.45, 2.75) is 6.54 Å². The third kappa shape index (κ3) is 4.00. The van der Waals surface area contributed by atoms with Crippen LogP contribution in [0.15, 0.2) is 36.4 Å². The summed E-state index contributed by atoms with van der Waals surface area (Å²) < 4.78 is 0. The van der Waals surface area contributed by atoms with Crippen LogP contribution in [-0.4, -0.2) is 23.3 Å². The van der Waals surface area contributed by atoms with E-state index >= 15 is 0 Å². The van der Waals surface area contributed by atoms with E-state index in [-0.39, 0.29) is 6.03 Å². The maximum atomic E-state index is 11.6. The Morgan fingerprint density at radius 3 is 2.89 bits per heavy atom. The zero-order valence-corrected chi connectivity index (χ0v) is 10.4. The van der Waals surface area contributed by atoms with E-state index in [1.807, 2.05) is 30.3 Å². The summed E-state index contributed by atoms with van der Waals surface area (Å²) in [5.74, 6) is 0.964. The van der Waals surface area contributed by atoms with Gasteiger partial charge in [-0.15, -0.1) is 0 Å². The highest BCUT2D eigenvalue weighted by Gasteiger charge is 2.05. The average molecular weight is 261 g/mol. The molecule has 0 spiro atoms. The second-order valence-electron chi connectivity index (χ2n) is 3.77. The highest BCUT2D eigenvalue weighted by Crippen LogP contribution is 2.09. The highest BCUT2D eigenvalue weighted by molar-refractivity contribution is 5.88. The number of carbonyl (C=O) groups excluding carboxylic acids is 1. The Hall–Kier alpha value is -2.54. The van der Waals surface area contributed by atoms with Gasteiger partial charge in [-0.1, -0.05) is 30.3 Å². The van der Waals surface area contributed by atoms with Crippen molar-refractivity contribution >= 4 is 17.7 Å². The third-order valence-corrected chi connectivity index (χ3v) is 2.33. The smallest absolute Gasteiger partial charge is 0.320 e. The molecule has 1 aromatic heterocycles. The summed E-state index contributed by atoms with van der Waals surface area (Å²) in [6, 6.07) is 10.9. The molecule has 2 amide bonds. The lowest BCUT2D eigenvalue weighted by atomic mass is 10.2. The summed E-state index contributed by atoms with van der Waals surface area (Å²) in [6.45, 7) is 0.459. The number of aromatic nitrogens is 2. The number of urea groups is 1. The number of aromatic amines is 1. The molecule has 2 rings (SSSR count). The zero-order valence-electron chi connectivity index (χ0n) is 10.4. The van der Waals surface area contributed by atoms with Crippen LogP contribution in [0, 0.1) is 0 Å². The van der Waals surface area contributed by atoms with Gasteiger partial charge in [-0.25, -0.2) is 10.3 Å². The minimum absolute atomic E-state index is 0.320. The van der Waals surface area contributed by atoms with Gasteiger partial charge in [0.15, 0.2) is 5.82 Å². The lowest BCUT2D eigenvalue weighted by Crippen LogP contribution is -2.28. The van der Waals surface area contributed by atoms with E-state index in [1.54, 1.807) is 6.07 Å². The lowest BCUT2D eigenvalue weighted by Gasteiger charge is -2.05. The van der Waals surface area contributed by atoms with E-state index in [9.17, 15) is 4.79 Å². The SMILES string of the molecule is CONc1cc(NC(=O)NCc2ccccc2)n[nH]1. The Morgan fingerprint density at radius 2 is 2.16 bits per heavy atom. The van der Waals surface area contributed by atoms with Crippen LogP contribution in [0.2, 0.25) is 0 Å². The molecule has 7 heteroatoms. The number of H-pyrrole nitrogens is 1. The summed E-state index contributed by atoms with van der Waals surface area (Å²) in [5, 5.41) is 11.9. The predicted octanol–water partition coefficient (Wildman–Crippen LogP) is 1.70. The fourth-order valence-electron chi connectivity index (χ4n) is 1.49. The summed E-state index contributed by atoms with van der Waals surface area (Å²) in [4.78, 5) is 16.3. The first-order chi connectivity index (χ1) is 9.28. The molecule has 4 N–H and O–H groups in total. The van der Waals surface area contributed by atoms with E-state index in [1.165, 1.54) is 7.11 Å². The highest BCUT2D eigenvalue weighted by atomic mass is 16.6.